The number of benzene rings is 2. The zero-order valence-electron chi connectivity index (χ0n) is 14.3. The Hall–Kier alpha value is -3.08. The molecule has 0 aliphatic heterocycles. The van der Waals surface area contributed by atoms with E-state index in [9.17, 15) is 0 Å². The summed E-state index contributed by atoms with van der Waals surface area (Å²) in [5.41, 5.74) is 3.28. The largest absolute Gasteiger partial charge is 0.264 e. The van der Waals surface area contributed by atoms with Crippen molar-refractivity contribution in [1.29, 1.82) is 0 Å². The molecule has 0 saturated heterocycles. The number of rotatable bonds is 4. The van der Waals surface area contributed by atoms with Gasteiger partial charge in [0.1, 0.15) is 0 Å². The summed E-state index contributed by atoms with van der Waals surface area (Å²) in [4.78, 5) is 5.85. The van der Waals surface area contributed by atoms with Crippen LogP contribution in [-0.4, -0.2) is 25.2 Å². The molecule has 2 heterocycles. The molecule has 25 heavy (non-hydrogen) atoms. The fraction of sp³-hybridized carbons (Fsp3) is 0.200. The summed E-state index contributed by atoms with van der Waals surface area (Å²) >= 11 is 0. The van der Waals surface area contributed by atoms with Crippen molar-refractivity contribution >= 4 is 10.8 Å². The molecule has 5 nitrogen and oxygen atoms in total. The summed E-state index contributed by atoms with van der Waals surface area (Å²) in [6, 6.07) is 16.7. The fourth-order valence-electron chi connectivity index (χ4n) is 3.01. The Balaban J connectivity index is 1.63. The monoisotopic (exact) mass is 329 g/mol. The summed E-state index contributed by atoms with van der Waals surface area (Å²) in [6.07, 6.45) is 3.62. The molecule has 0 radical (unpaired) electrons. The molecule has 0 bridgehead atoms. The molecule has 0 atom stereocenters. The van der Waals surface area contributed by atoms with Gasteiger partial charge in [0, 0.05) is 18.0 Å². The van der Waals surface area contributed by atoms with Gasteiger partial charge in [0.2, 0.25) is 5.82 Å². The van der Waals surface area contributed by atoms with E-state index in [0.717, 1.165) is 11.1 Å². The van der Waals surface area contributed by atoms with E-state index < -0.39 is 0 Å². The lowest BCUT2D eigenvalue weighted by molar-refractivity contribution is 0.573. The average molecular weight is 329 g/mol. The van der Waals surface area contributed by atoms with Gasteiger partial charge in [-0.2, -0.15) is 4.80 Å². The van der Waals surface area contributed by atoms with Gasteiger partial charge in [-0.15, -0.1) is 10.2 Å². The fourth-order valence-corrected chi connectivity index (χ4v) is 3.01. The maximum absolute atomic E-state index is 4.55. The Morgan fingerprint density at radius 2 is 1.84 bits per heavy atom. The first kappa shape index (κ1) is 15.4. The van der Waals surface area contributed by atoms with Crippen molar-refractivity contribution < 1.29 is 0 Å². The van der Waals surface area contributed by atoms with Gasteiger partial charge in [0.15, 0.2) is 0 Å². The highest BCUT2D eigenvalue weighted by Crippen LogP contribution is 2.25. The van der Waals surface area contributed by atoms with Crippen LogP contribution >= 0.6 is 0 Å². The Morgan fingerprint density at radius 1 is 1.00 bits per heavy atom. The smallest absolute Gasteiger partial charge is 0.206 e. The molecule has 2 aromatic carbocycles. The second-order valence-corrected chi connectivity index (χ2v) is 6.44. The molecule has 4 aromatic rings. The van der Waals surface area contributed by atoms with Crippen molar-refractivity contribution in [2.24, 2.45) is 0 Å². The minimum Gasteiger partial charge on any atom is -0.264 e. The van der Waals surface area contributed by atoms with E-state index in [0.29, 0.717) is 18.3 Å². The van der Waals surface area contributed by atoms with Crippen LogP contribution in [-0.2, 0) is 6.54 Å². The molecule has 124 valence electrons. The van der Waals surface area contributed by atoms with Crippen LogP contribution in [0.5, 0.6) is 0 Å². The van der Waals surface area contributed by atoms with E-state index in [1.54, 1.807) is 11.0 Å². The second-order valence-electron chi connectivity index (χ2n) is 6.44. The van der Waals surface area contributed by atoms with E-state index in [1.165, 1.54) is 16.3 Å². The van der Waals surface area contributed by atoms with Crippen LogP contribution in [0.15, 0.2) is 60.9 Å². The van der Waals surface area contributed by atoms with Gasteiger partial charge in [0.05, 0.1) is 6.54 Å². The number of pyridine rings is 1. The summed E-state index contributed by atoms with van der Waals surface area (Å²) in [7, 11) is 0. The molecule has 0 fully saturated rings. The van der Waals surface area contributed by atoms with Crippen LogP contribution in [0.3, 0.4) is 0 Å². The van der Waals surface area contributed by atoms with Gasteiger partial charge in [-0.3, -0.25) is 4.98 Å². The molecule has 0 saturated carbocycles. The maximum atomic E-state index is 4.55. The van der Waals surface area contributed by atoms with Gasteiger partial charge in [-0.05, 0) is 45.2 Å². The highest BCUT2D eigenvalue weighted by Gasteiger charge is 2.13. The molecule has 0 aliphatic rings. The standard InChI is InChI=1S/C20H19N5/c1-14(2)18-9-10-21-12-19(18)20-22-24-25(23-20)13-15-7-8-16-5-3-4-6-17(16)11-15/h3-12,14H,13H2,1-2H3. The first-order valence-electron chi connectivity index (χ1n) is 8.40. The van der Waals surface area contributed by atoms with Gasteiger partial charge in [0.25, 0.3) is 0 Å². The number of hydrogen-bond donors (Lipinski definition) is 0. The number of fused-ring (bicyclic) bond motifs is 1. The van der Waals surface area contributed by atoms with Crippen molar-refractivity contribution in [3.8, 4) is 11.4 Å². The molecule has 4 rings (SSSR count). The van der Waals surface area contributed by atoms with E-state index in [4.69, 9.17) is 0 Å². The number of tetrazole rings is 1. The quantitative estimate of drug-likeness (QED) is 0.566. The third-order valence-electron chi connectivity index (χ3n) is 4.31. The third-order valence-corrected chi connectivity index (χ3v) is 4.31. The zero-order valence-corrected chi connectivity index (χ0v) is 14.3. The van der Waals surface area contributed by atoms with Crippen molar-refractivity contribution in [2.45, 2.75) is 26.3 Å². The van der Waals surface area contributed by atoms with Crippen LogP contribution in [0.1, 0.15) is 30.9 Å². The van der Waals surface area contributed by atoms with Crippen molar-refractivity contribution in [2.75, 3.05) is 0 Å². The van der Waals surface area contributed by atoms with Crippen LogP contribution in [0, 0.1) is 0 Å². The third kappa shape index (κ3) is 3.13. The van der Waals surface area contributed by atoms with Gasteiger partial charge in [-0.1, -0.05) is 50.2 Å². The predicted octanol–water partition coefficient (Wildman–Crippen LogP) is 4.06. The SMILES string of the molecule is CC(C)c1ccncc1-c1nnn(Cc2ccc3ccccc3c2)n1. The summed E-state index contributed by atoms with van der Waals surface area (Å²) in [5.74, 6) is 1.00. The normalized spacial score (nSPS) is 11.3. The molecule has 5 heteroatoms. The highest BCUT2D eigenvalue weighted by molar-refractivity contribution is 5.82. The maximum Gasteiger partial charge on any atom is 0.206 e. The lowest BCUT2D eigenvalue weighted by atomic mass is 9.99. The molecule has 0 unspecified atom stereocenters. The van der Waals surface area contributed by atoms with E-state index >= 15 is 0 Å². The van der Waals surface area contributed by atoms with Gasteiger partial charge in [-0.25, -0.2) is 0 Å². The first-order chi connectivity index (χ1) is 12.2. The van der Waals surface area contributed by atoms with Crippen molar-refractivity contribution in [3.63, 3.8) is 0 Å². The van der Waals surface area contributed by atoms with Crippen LogP contribution in [0.25, 0.3) is 22.2 Å². The van der Waals surface area contributed by atoms with E-state index in [2.05, 4.69) is 64.6 Å². The number of nitrogens with zero attached hydrogens (tertiary/aromatic N) is 5. The minimum atomic E-state index is 0.380. The minimum absolute atomic E-state index is 0.380. The topological polar surface area (TPSA) is 56.5 Å². The molecule has 2 aromatic heterocycles. The Bertz CT molecular complexity index is 1020. The van der Waals surface area contributed by atoms with Gasteiger partial charge < -0.3 is 0 Å². The first-order valence-corrected chi connectivity index (χ1v) is 8.40. The number of hydrogen-bond acceptors (Lipinski definition) is 4. The molecular weight excluding hydrogens is 310 g/mol. The van der Waals surface area contributed by atoms with E-state index in [-0.39, 0.29) is 0 Å². The molecular formula is C20H19N5. The van der Waals surface area contributed by atoms with Crippen LogP contribution in [0.2, 0.25) is 0 Å². The Kier molecular flexibility index (Phi) is 3.98. The van der Waals surface area contributed by atoms with Crippen LogP contribution in [0.4, 0.5) is 0 Å². The summed E-state index contributed by atoms with van der Waals surface area (Å²) in [6.45, 7) is 4.89. The van der Waals surface area contributed by atoms with Crippen LogP contribution < -0.4 is 0 Å². The summed E-state index contributed by atoms with van der Waals surface area (Å²) in [5, 5.41) is 15.4. The molecule has 0 aliphatic carbocycles. The van der Waals surface area contributed by atoms with Crippen molar-refractivity contribution in [1.82, 2.24) is 25.2 Å². The molecule has 0 spiro atoms. The molecule has 0 amide bonds. The number of aromatic nitrogens is 5. The predicted molar refractivity (Wildman–Crippen MR) is 98.2 cm³/mol. The molecule has 0 N–H and O–H groups in total. The Morgan fingerprint density at radius 3 is 2.68 bits per heavy atom. The lowest BCUT2D eigenvalue weighted by Crippen LogP contribution is -2.04. The highest BCUT2D eigenvalue weighted by atomic mass is 15.6. The lowest BCUT2D eigenvalue weighted by Gasteiger charge is -2.08. The van der Waals surface area contributed by atoms with Gasteiger partial charge >= 0.3 is 0 Å². The average Bonchev–Trinajstić information content (AvgIpc) is 3.10. The van der Waals surface area contributed by atoms with E-state index in [1.807, 2.05) is 24.4 Å². The Labute approximate surface area is 146 Å². The second kappa shape index (κ2) is 6.43. The zero-order chi connectivity index (χ0) is 17.2. The summed E-state index contributed by atoms with van der Waals surface area (Å²) < 4.78 is 0. The van der Waals surface area contributed by atoms with Crippen molar-refractivity contribution in [3.05, 3.63) is 72.1 Å².